The lowest BCUT2D eigenvalue weighted by atomic mass is 9.86. The maximum Gasteiger partial charge on any atom is 0.229 e. The Kier molecular flexibility index (Phi) is 4.74. The number of nitrogens with zero attached hydrogens (tertiary/aromatic N) is 1. The Morgan fingerprint density at radius 2 is 2.25 bits per heavy atom. The summed E-state index contributed by atoms with van der Waals surface area (Å²) in [5, 5.41) is 0. The van der Waals surface area contributed by atoms with E-state index in [4.69, 9.17) is 10.5 Å². The summed E-state index contributed by atoms with van der Waals surface area (Å²) in [7, 11) is 0. The number of morpholine rings is 1. The van der Waals surface area contributed by atoms with Crippen LogP contribution in [-0.2, 0) is 9.53 Å². The third-order valence-electron chi connectivity index (χ3n) is 3.63. The normalized spacial score (nSPS) is 25.2. The molecule has 0 bridgehead atoms. The summed E-state index contributed by atoms with van der Waals surface area (Å²) in [5.74, 6) is 0.180. The summed E-state index contributed by atoms with van der Waals surface area (Å²) in [5.41, 5.74) is 5.31. The molecule has 16 heavy (non-hydrogen) atoms. The Bertz CT molecular complexity index is 239. The molecular weight excluding hydrogens is 204 g/mol. The molecule has 1 heterocycles. The number of hydrogen-bond acceptors (Lipinski definition) is 3. The fraction of sp³-hybridized carbons (Fsp3) is 0.917. The van der Waals surface area contributed by atoms with E-state index in [1.807, 2.05) is 18.7 Å². The van der Waals surface area contributed by atoms with Crippen LogP contribution in [-0.4, -0.2) is 43.2 Å². The van der Waals surface area contributed by atoms with Gasteiger partial charge in [-0.15, -0.1) is 0 Å². The van der Waals surface area contributed by atoms with Gasteiger partial charge in [-0.1, -0.05) is 13.8 Å². The van der Waals surface area contributed by atoms with Crippen LogP contribution in [0.25, 0.3) is 0 Å². The van der Waals surface area contributed by atoms with Gasteiger partial charge >= 0.3 is 0 Å². The van der Waals surface area contributed by atoms with Crippen molar-refractivity contribution in [3.05, 3.63) is 0 Å². The molecule has 0 saturated carbocycles. The van der Waals surface area contributed by atoms with Crippen molar-refractivity contribution in [1.29, 1.82) is 0 Å². The molecule has 2 atom stereocenters. The van der Waals surface area contributed by atoms with Crippen LogP contribution >= 0.6 is 0 Å². The molecule has 1 fully saturated rings. The largest absolute Gasteiger partial charge is 0.375 e. The molecule has 4 heteroatoms. The first-order chi connectivity index (χ1) is 7.57. The maximum absolute atomic E-state index is 12.3. The van der Waals surface area contributed by atoms with Crippen LogP contribution in [0.4, 0.5) is 0 Å². The van der Waals surface area contributed by atoms with E-state index in [1.54, 1.807) is 0 Å². The second-order valence-corrected chi connectivity index (χ2v) is 4.77. The Labute approximate surface area is 98.1 Å². The van der Waals surface area contributed by atoms with Crippen LogP contribution in [0.3, 0.4) is 0 Å². The van der Waals surface area contributed by atoms with Crippen molar-refractivity contribution in [2.45, 2.75) is 39.7 Å². The number of rotatable bonds is 4. The Balaban J connectivity index is 2.65. The van der Waals surface area contributed by atoms with Gasteiger partial charge in [0.25, 0.3) is 0 Å². The zero-order valence-electron chi connectivity index (χ0n) is 10.7. The van der Waals surface area contributed by atoms with Crippen LogP contribution in [0.5, 0.6) is 0 Å². The highest BCUT2D eigenvalue weighted by Crippen LogP contribution is 2.24. The van der Waals surface area contributed by atoms with Gasteiger partial charge in [0.2, 0.25) is 5.91 Å². The van der Waals surface area contributed by atoms with Crippen molar-refractivity contribution in [3.63, 3.8) is 0 Å². The molecule has 2 unspecified atom stereocenters. The summed E-state index contributed by atoms with van der Waals surface area (Å²) in [6, 6.07) is 0. The van der Waals surface area contributed by atoms with Crippen molar-refractivity contribution in [3.8, 4) is 0 Å². The molecule has 2 N–H and O–H groups in total. The molecule has 0 aliphatic carbocycles. The van der Waals surface area contributed by atoms with Crippen molar-refractivity contribution >= 4 is 5.91 Å². The molecule has 0 aromatic heterocycles. The molecule has 1 rings (SSSR count). The topological polar surface area (TPSA) is 55.6 Å². The van der Waals surface area contributed by atoms with Gasteiger partial charge in [0.15, 0.2) is 0 Å². The van der Waals surface area contributed by atoms with Gasteiger partial charge in [0, 0.05) is 19.6 Å². The van der Waals surface area contributed by atoms with Crippen molar-refractivity contribution in [2.24, 2.45) is 11.1 Å². The molecule has 0 aromatic rings. The van der Waals surface area contributed by atoms with E-state index in [9.17, 15) is 4.79 Å². The minimum absolute atomic E-state index is 0.180. The minimum atomic E-state index is -0.407. The minimum Gasteiger partial charge on any atom is -0.375 e. The Hall–Kier alpha value is -0.610. The van der Waals surface area contributed by atoms with Crippen molar-refractivity contribution in [1.82, 2.24) is 4.90 Å². The molecule has 0 aromatic carbocycles. The predicted octanol–water partition coefficient (Wildman–Crippen LogP) is 0.999. The van der Waals surface area contributed by atoms with Crippen LogP contribution in [0.1, 0.15) is 33.6 Å². The first kappa shape index (κ1) is 13.5. The lowest BCUT2D eigenvalue weighted by Gasteiger charge is -2.38. The number of hydrogen-bond donors (Lipinski definition) is 1. The van der Waals surface area contributed by atoms with E-state index in [0.29, 0.717) is 26.2 Å². The first-order valence-electron chi connectivity index (χ1n) is 6.18. The lowest BCUT2D eigenvalue weighted by molar-refractivity contribution is -0.148. The fourth-order valence-electron chi connectivity index (χ4n) is 1.92. The standard InChI is InChI=1S/C12H24N2O2/c1-4-10-8-14(6-7-16-10)11(15)12(3,5-2)9-13/h10H,4-9,13H2,1-3H3. The Morgan fingerprint density at radius 3 is 2.75 bits per heavy atom. The van der Waals surface area contributed by atoms with E-state index in [0.717, 1.165) is 12.8 Å². The molecular formula is C12H24N2O2. The first-order valence-corrected chi connectivity index (χ1v) is 6.18. The number of amides is 1. The van der Waals surface area contributed by atoms with Gasteiger partial charge in [-0.2, -0.15) is 0 Å². The highest BCUT2D eigenvalue weighted by atomic mass is 16.5. The highest BCUT2D eigenvalue weighted by Gasteiger charge is 2.35. The van der Waals surface area contributed by atoms with Crippen molar-refractivity contribution < 1.29 is 9.53 Å². The summed E-state index contributed by atoms with van der Waals surface area (Å²) < 4.78 is 5.56. The van der Waals surface area contributed by atoms with Crippen molar-refractivity contribution in [2.75, 3.05) is 26.2 Å². The van der Waals surface area contributed by atoms with Crippen LogP contribution in [0.15, 0.2) is 0 Å². The second-order valence-electron chi connectivity index (χ2n) is 4.77. The van der Waals surface area contributed by atoms with E-state index in [-0.39, 0.29) is 12.0 Å². The quantitative estimate of drug-likeness (QED) is 0.781. The van der Waals surface area contributed by atoms with E-state index < -0.39 is 5.41 Å². The summed E-state index contributed by atoms with van der Waals surface area (Å²) >= 11 is 0. The van der Waals surface area contributed by atoms with Gasteiger partial charge in [0.05, 0.1) is 18.1 Å². The number of ether oxygens (including phenoxy) is 1. The van der Waals surface area contributed by atoms with E-state index in [1.165, 1.54) is 0 Å². The highest BCUT2D eigenvalue weighted by molar-refractivity contribution is 5.82. The molecule has 1 saturated heterocycles. The lowest BCUT2D eigenvalue weighted by Crippen LogP contribution is -2.52. The number of carbonyl (C=O) groups excluding carboxylic acids is 1. The fourth-order valence-corrected chi connectivity index (χ4v) is 1.92. The second kappa shape index (κ2) is 5.64. The zero-order chi connectivity index (χ0) is 12.2. The van der Waals surface area contributed by atoms with Gasteiger partial charge in [0.1, 0.15) is 0 Å². The van der Waals surface area contributed by atoms with Gasteiger partial charge in [-0.3, -0.25) is 4.79 Å². The molecule has 1 aliphatic rings. The third-order valence-corrected chi connectivity index (χ3v) is 3.63. The number of carbonyl (C=O) groups is 1. The van der Waals surface area contributed by atoms with Crippen LogP contribution < -0.4 is 5.73 Å². The van der Waals surface area contributed by atoms with Gasteiger partial charge in [-0.25, -0.2) is 0 Å². The predicted molar refractivity (Wildman–Crippen MR) is 64.1 cm³/mol. The average Bonchev–Trinajstić information content (AvgIpc) is 2.37. The molecule has 0 spiro atoms. The van der Waals surface area contributed by atoms with Gasteiger partial charge in [-0.05, 0) is 19.8 Å². The SMILES string of the molecule is CCC1CN(C(=O)C(C)(CC)CN)CCO1. The van der Waals surface area contributed by atoms with Gasteiger partial charge < -0.3 is 15.4 Å². The van der Waals surface area contributed by atoms with Crippen LogP contribution in [0, 0.1) is 5.41 Å². The molecule has 94 valence electrons. The molecule has 1 amide bonds. The third kappa shape index (κ3) is 2.74. The molecule has 1 aliphatic heterocycles. The summed E-state index contributed by atoms with van der Waals surface area (Å²) in [6.07, 6.45) is 1.93. The molecule has 4 nitrogen and oxygen atoms in total. The average molecular weight is 228 g/mol. The smallest absolute Gasteiger partial charge is 0.229 e. The summed E-state index contributed by atoms with van der Waals surface area (Å²) in [4.78, 5) is 14.2. The summed E-state index contributed by atoms with van der Waals surface area (Å²) in [6.45, 7) is 8.52. The number of nitrogens with two attached hydrogens (primary N) is 1. The molecule has 0 radical (unpaired) electrons. The zero-order valence-corrected chi connectivity index (χ0v) is 10.7. The van der Waals surface area contributed by atoms with Crippen LogP contribution in [0.2, 0.25) is 0 Å². The van der Waals surface area contributed by atoms with E-state index in [2.05, 4.69) is 6.92 Å². The monoisotopic (exact) mass is 228 g/mol. The Morgan fingerprint density at radius 1 is 1.56 bits per heavy atom. The maximum atomic E-state index is 12.3. The van der Waals surface area contributed by atoms with E-state index >= 15 is 0 Å².